The zero-order valence-electron chi connectivity index (χ0n) is 13.4. The summed E-state index contributed by atoms with van der Waals surface area (Å²) in [5, 5.41) is 12.1. The van der Waals surface area contributed by atoms with E-state index in [9.17, 15) is 4.57 Å². The van der Waals surface area contributed by atoms with Crippen molar-refractivity contribution in [3.63, 3.8) is 0 Å². The van der Waals surface area contributed by atoms with Gasteiger partial charge in [0.05, 0.1) is 18.9 Å². The average molecular weight is 331 g/mol. The van der Waals surface area contributed by atoms with E-state index >= 15 is 0 Å². The second-order valence-electron chi connectivity index (χ2n) is 4.32. The number of hydrogen-bond donors (Lipinski definition) is 2. The Morgan fingerprint density at radius 1 is 1.14 bits per heavy atom. The summed E-state index contributed by atoms with van der Waals surface area (Å²) in [6, 6.07) is 9.78. The van der Waals surface area contributed by atoms with Crippen molar-refractivity contribution >= 4 is 13.5 Å². The zero-order valence-corrected chi connectivity index (χ0v) is 14.3. The van der Waals surface area contributed by atoms with Gasteiger partial charge >= 0.3 is 7.82 Å². The molecule has 0 aliphatic carbocycles. The third kappa shape index (κ3) is 9.68. The predicted molar refractivity (Wildman–Crippen MR) is 87.4 cm³/mol. The third-order valence-corrected chi connectivity index (χ3v) is 3.75. The Balaban J connectivity index is 0.000000433. The molecule has 126 valence electrons. The van der Waals surface area contributed by atoms with Crippen molar-refractivity contribution in [1.29, 1.82) is 0 Å². The molecule has 6 nitrogen and oxygen atoms in total. The number of benzene rings is 1. The number of nitrogens with zero attached hydrogens (tertiary/aromatic N) is 1. The SMILES string of the molecule is CCCCC(=NO)c1ccccc1.CCOP(=O)(O)OCC. The van der Waals surface area contributed by atoms with Gasteiger partial charge in [0.2, 0.25) is 0 Å². The number of phosphoric acid groups is 1. The summed E-state index contributed by atoms with van der Waals surface area (Å²) in [7, 11) is -3.69. The summed E-state index contributed by atoms with van der Waals surface area (Å²) in [5.41, 5.74) is 1.79. The minimum absolute atomic E-state index is 0.188. The summed E-state index contributed by atoms with van der Waals surface area (Å²) < 4.78 is 19.2. The molecule has 0 atom stereocenters. The van der Waals surface area contributed by atoms with Crippen molar-refractivity contribution < 1.29 is 23.7 Å². The molecule has 0 radical (unpaired) electrons. The van der Waals surface area contributed by atoms with E-state index in [4.69, 9.17) is 10.1 Å². The van der Waals surface area contributed by atoms with Crippen LogP contribution in [-0.2, 0) is 13.6 Å². The lowest BCUT2D eigenvalue weighted by Gasteiger charge is -2.07. The topological polar surface area (TPSA) is 88.4 Å². The average Bonchev–Trinajstić information content (AvgIpc) is 2.49. The lowest BCUT2D eigenvalue weighted by atomic mass is 10.1. The van der Waals surface area contributed by atoms with Gasteiger partial charge in [-0.25, -0.2) is 4.57 Å². The molecule has 0 heterocycles. The van der Waals surface area contributed by atoms with Crippen LogP contribution < -0.4 is 0 Å². The standard InChI is InChI=1S/C11H15NO.C4H11O4P/c1-2-3-9-11(12-13)10-7-5-4-6-8-10;1-3-7-9(5,6)8-4-2/h4-8,13H,2-3,9H2,1H3;3-4H2,1-2H3,(H,5,6). The molecule has 22 heavy (non-hydrogen) atoms. The van der Waals surface area contributed by atoms with Gasteiger partial charge in [-0.1, -0.05) is 48.8 Å². The maximum Gasteiger partial charge on any atom is 0.472 e. The molecule has 1 aromatic carbocycles. The number of hydrogen-bond acceptors (Lipinski definition) is 5. The van der Waals surface area contributed by atoms with Crippen molar-refractivity contribution in [1.82, 2.24) is 0 Å². The van der Waals surface area contributed by atoms with Crippen molar-refractivity contribution in [2.75, 3.05) is 13.2 Å². The van der Waals surface area contributed by atoms with Gasteiger partial charge in [0.1, 0.15) is 0 Å². The van der Waals surface area contributed by atoms with Gasteiger partial charge < -0.3 is 10.1 Å². The van der Waals surface area contributed by atoms with Crippen LogP contribution in [-0.4, -0.2) is 29.0 Å². The van der Waals surface area contributed by atoms with Crippen LogP contribution in [0.2, 0.25) is 0 Å². The lowest BCUT2D eigenvalue weighted by molar-refractivity contribution is 0.161. The largest absolute Gasteiger partial charge is 0.472 e. The second kappa shape index (κ2) is 12.4. The maximum atomic E-state index is 10.5. The molecule has 0 unspecified atom stereocenters. The molecule has 0 spiro atoms. The lowest BCUT2D eigenvalue weighted by Crippen LogP contribution is -2.00. The van der Waals surface area contributed by atoms with Gasteiger partial charge in [0.25, 0.3) is 0 Å². The summed E-state index contributed by atoms with van der Waals surface area (Å²) >= 11 is 0. The Labute approximate surface area is 132 Å². The second-order valence-corrected chi connectivity index (χ2v) is 5.77. The van der Waals surface area contributed by atoms with Gasteiger partial charge in [-0.3, -0.25) is 9.05 Å². The van der Waals surface area contributed by atoms with E-state index in [0.29, 0.717) is 0 Å². The molecule has 0 aliphatic heterocycles. The number of rotatable bonds is 8. The molecular formula is C15H26NO5P. The van der Waals surface area contributed by atoms with Crippen LogP contribution in [0.1, 0.15) is 45.6 Å². The Kier molecular flexibility index (Phi) is 11.7. The molecule has 2 N–H and O–H groups in total. The van der Waals surface area contributed by atoms with Crippen LogP contribution in [0.3, 0.4) is 0 Å². The summed E-state index contributed by atoms with van der Waals surface area (Å²) in [6.07, 6.45) is 3.02. The summed E-state index contributed by atoms with van der Waals surface area (Å²) in [5.74, 6) is 0. The van der Waals surface area contributed by atoms with E-state index in [-0.39, 0.29) is 13.2 Å². The van der Waals surface area contributed by atoms with E-state index < -0.39 is 7.82 Å². The van der Waals surface area contributed by atoms with Crippen LogP contribution in [0.15, 0.2) is 35.5 Å². The minimum Gasteiger partial charge on any atom is -0.411 e. The number of phosphoric ester groups is 1. The van der Waals surface area contributed by atoms with Crippen molar-refractivity contribution in [3.8, 4) is 0 Å². The fourth-order valence-electron chi connectivity index (χ4n) is 1.59. The molecule has 0 saturated carbocycles. The molecule has 1 rings (SSSR count). The first-order valence-corrected chi connectivity index (χ1v) is 8.88. The Hall–Kier alpha value is -1.20. The monoisotopic (exact) mass is 331 g/mol. The molecule has 0 fully saturated rings. The van der Waals surface area contributed by atoms with E-state index in [1.165, 1.54) is 0 Å². The van der Waals surface area contributed by atoms with Crippen molar-refractivity contribution in [2.45, 2.75) is 40.0 Å². The van der Waals surface area contributed by atoms with Gasteiger partial charge in [-0.05, 0) is 32.3 Å². The van der Waals surface area contributed by atoms with E-state index in [1.54, 1.807) is 13.8 Å². The Morgan fingerprint density at radius 2 is 1.68 bits per heavy atom. The molecule has 0 saturated heterocycles. The highest BCUT2D eigenvalue weighted by Gasteiger charge is 2.17. The highest BCUT2D eigenvalue weighted by atomic mass is 31.2. The van der Waals surface area contributed by atoms with Crippen molar-refractivity contribution in [3.05, 3.63) is 35.9 Å². The van der Waals surface area contributed by atoms with Gasteiger partial charge in [-0.15, -0.1) is 0 Å². The molecule has 7 heteroatoms. The van der Waals surface area contributed by atoms with E-state index in [2.05, 4.69) is 21.1 Å². The third-order valence-electron chi connectivity index (χ3n) is 2.58. The molecule has 0 aromatic heterocycles. The summed E-state index contributed by atoms with van der Waals surface area (Å²) in [4.78, 5) is 8.63. The van der Waals surface area contributed by atoms with Gasteiger partial charge in [0, 0.05) is 0 Å². The fourth-order valence-corrected chi connectivity index (χ4v) is 2.32. The normalized spacial score (nSPS) is 11.7. The smallest absolute Gasteiger partial charge is 0.411 e. The highest BCUT2D eigenvalue weighted by Crippen LogP contribution is 2.42. The number of unbranched alkanes of at least 4 members (excludes halogenated alkanes) is 1. The predicted octanol–water partition coefficient (Wildman–Crippen LogP) is 4.21. The molecule has 0 bridgehead atoms. The van der Waals surface area contributed by atoms with Crippen LogP contribution in [0, 0.1) is 0 Å². The maximum absolute atomic E-state index is 10.5. The van der Waals surface area contributed by atoms with E-state index in [1.807, 2.05) is 30.3 Å². The molecule has 0 amide bonds. The number of oxime groups is 1. The first-order chi connectivity index (χ1) is 10.5. The van der Waals surface area contributed by atoms with Crippen LogP contribution >= 0.6 is 7.82 Å². The van der Waals surface area contributed by atoms with Gasteiger partial charge in [-0.2, -0.15) is 0 Å². The zero-order chi connectivity index (χ0) is 16.8. The van der Waals surface area contributed by atoms with E-state index in [0.717, 1.165) is 30.5 Å². The van der Waals surface area contributed by atoms with Crippen LogP contribution in [0.25, 0.3) is 0 Å². The highest BCUT2D eigenvalue weighted by molar-refractivity contribution is 7.47. The first-order valence-electron chi connectivity index (χ1n) is 7.38. The minimum atomic E-state index is -3.69. The first kappa shape index (κ1) is 20.8. The quantitative estimate of drug-likeness (QED) is 0.322. The molecule has 1 aromatic rings. The van der Waals surface area contributed by atoms with Crippen LogP contribution in [0.5, 0.6) is 0 Å². The molecule has 0 aliphatic rings. The van der Waals surface area contributed by atoms with Crippen LogP contribution in [0.4, 0.5) is 0 Å². The van der Waals surface area contributed by atoms with Gasteiger partial charge in [0.15, 0.2) is 0 Å². The Bertz CT molecular complexity index is 454. The molecular weight excluding hydrogens is 305 g/mol. The summed E-state index contributed by atoms with van der Waals surface area (Å²) in [6.45, 7) is 5.76. The Morgan fingerprint density at radius 3 is 2.09 bits per heavy atom. The van der Waals surface area contributed by atoms with Crippen molar-refractivity contribution in [2.24, 2.45) is 5.16 Å². The fraction of sp³-hybridized carbons (Fsp3) is 0.533.